The van der Waals surface area contributed by atoms with Crippen LogP contribution in [0.5, 0.6) is 0 Å². The molecule has 1 N–H and O–H groups in total. The Morgan fingerprint density at radius 3 is 2.45 bits per heavy atom. The molecule has 0 saturated carbocycles. The zero-order valence-electron chi connectivity index (χ0n) is 20.1. The molecular formula is C26H22F6N6. The molecule has 1 atom stereocenters. The van der Waals surface area contributed by atoms with Gasteiger partial charge in [-0.2, -0.15) is 26.3 Å². The highest BCUT2D eigenvalue weighted by atomic mass is 19.4. The van der Waals surface area contributed by atoms with E-state index in [1.807, 2.05) is 7.05 Å². The Morgan fingerprint density at radius 2 is 1.76 bits per heavy atom. The van der Waals surface area contributed by atoms with Crippen LogP contribution >= 0.6 is 0 Å². The van der Waals surface area contributed by atoms with Gasteiger partial charge in [-0.3, -0.25) is 4.98 Å². The number of likely N-dealkylation sites (tertiary alicyclic amines) is 1. The van der Waals surface area contributed by atoms with Gasteiger partial charge >= 0.3 is 12.4 Å². The first-order valence-electron chi connectivity index (χ1n) is 11.8. The van der Waals surface area contributed by atoms with Crippen LogP contribution in [0.4, 0.5) is 37.8 Å². The van der Waals surface area contributed by atoms with Gasteiger partial charge in [-0.1, -0.05) is 0 Å². The maximum absolute atomic E-state index is 13.6. The number of anilines is 2. The van der Waals surface area contributed by atoms with Crippen LogP contribution in [0.2, 0.25) is 0 Å². The van der Waals surface area contributed by atoms with Crippen LogP contribution < -0.4 is 5.32 Å². The smallest absolute Gasteiger partial charge is 0.340 e. The first-order chi connectivity index (χ1) is 18.0. The maximum atomic E-state index is 13.6. The normalized spacial score (nSPS) is 17.1. The molecular weight excluding hydrogens is 510 g/mol. The molecule has 0 aliphatic carbocycles. The van der Waals surface area contributed by atoms with E-state index in [1.165, 1.54) is 24.4 Å². The topological polar surface area (TPSA) is 66.8 Å². The maximum Gasteiger partial charge on any atom is 0.418 e. The average Bonchev–Trinajstić information content (AvgIpc) is 2.87. The van der Waals surface area contributed by atoms with Crippen LogP contribution in [-0.2, 0) is 12.4 Å². The molecule has 0 amide bonds. The first kappa shape index (κ1) is 25.8. The van der Waals surface area contributed by atoms with Crippen LogP contribution in [-0.4, -0.2) is 45.0 Å². The van der Waals surface area contributed by atoms with Crippen molar-refractivity contribution in [3.05, 3.63) is 71.7 Å². The summed E-state index contributed by atoms with van der Waals surface area (Å²) in [4.78, 5) is 19.1. The van der Waals surface area contributed by atoms with Gasteiger partial charge in [0, 0.05) is 35.9 Å². The fourth-order valence-electron chi connectivity index (χ4n) is 4.59. The predicted molar refractivity (Wildman–Crippen MR) is 130 cm³/mol. The third kappa shape index (κ3) is 5.40. The lowest BCUT2D eigenvalue weighted by atomic mass is 9.94. The number of fused-ring (bicyclic) bond motifs is 1. The number of piperidine rings is 1. The average molecular weight is 532 g/mol. The van der Waals surface area contributed by atoms with Gasteiger partial charge < -0.3 is 10.2 Å². The highest BCUT2D eigenvalue weighted by molar-refractivity contribution is 5.92. The molecule has 4 aromatic rings. The van der Waals surface area contributed by atoms with Gasteiger partial charge in [0.25, 0.3) is 0 Å². The number of likely N-dealkylation sites (N-methyl/N-ethyl adjacent to an activating group) is 1. The lowest BCUT2D eigenvalue weighted by Crippen LogP contribution is -2.31. The summed E-state index contributed by atoms with van der Waals surface area (Å²) < 4.78 is 79.8. The molecule has 5 heterocycles. The Morgan fingerprint density at radius 1 is 0.947 bits per heavy atom. The minimum absolute atomic E-state index is 0.00874. The van der Waals surface area contributed by atoms with Gasteiger partial charge in [0.1, 0.15) is 11.5 Å². The van der Waals surface area contributed by atoms with E-state index in [4.69, 9.17) is 4.98 Å². The molecule has 0 spiro atoms. The summed E-state index contributed by atoms with van der Waals surface area (Å²) in [6, 6.07) is 9.08. The Balaban J connectivity index is 1.61. The number of halogens is 6. The third-order valence-electron chi connectivity index (χ3n) is 6.44. The van der Waals surface area contributed by atoms with E-state index in [2.05, 4.69) is 25.2 Å². The van der Waals surface area contributed by atoms with Crippen LogP contribution in [0.15, 0.2) is 54.9 Å². The first-order valence-corrected chi connectivity index (χ1v) is 11.8. The number of nitrogens with zero attached hydrogens (tertiary/aromatic N) is 5. The molecule has 5 rings (SSSR count). The van der Waals surface area contributed by atoms with Crippen molar-refractivity contribution in [2.45, 2.75) is 31.1 Å². The molecule has 1 aliphatic rings. The number of nitrogens with one attached hydrogen (secondary N) is 1. The zero-order valence-corrected chi connectivity index (χ0v) is 20.1. The van der Waals surface area contributed by atoms with Gasteiger partial charge in [0.2, 0.25) is 0 Å². The molecule has 6 nitrogen and oxygen atoms in total. The zero-order chi connectivity index (χ0) is 27.1. The number of hydrogen-bond donors (Lipinski definition) is 1. The quantitative estimate of drug-likeness (QED) is 0.296. The van der Waals surface area contributed by atoms with E-state index in [0.29, 0.717) is 16.8 Å². The van der Waals surface area contributed by atoms with Crippen LogP contribution in [0.3, 0.4) is 0 Å². The molecule has 12 heteroatoms. The highest BCUT2D eigenvalue weighted by Crippen LogP contribution is 2.37. The van der Waals surface area contributed by atoms with Crippen LogP contribution in [0.1, 0.15) is 35.6 Å². The van der Waals surface area contributed by atoms with Crippen LogP contribution in [0, 0.1) is 0 Å². The summed E-state index contributed by atoms with van der Waals surface area (Å²) in [6.45, 7) is 1.67. The van der Waals surface area contributed by atoms with Gasteiger partial charge in [0.05, 0.1) is 22.5 Å². The number of hydrogen-bond acceptors (Lipinski definition) is 6. The van der Waals surface area contributed by atoms with Crippen LogP contribution in [0.25, 0.3) is 22.4 Å². The van der Waals surface area contributed by atoms with E-state index < -0.39 is 23.5 Å². The van der Waals surface area contributed by atoms with Gasteiger partial charge in [-0.25, -0.2) is 15.0 Å². The Kier molecular flexibility index (Phi) is 6.68. The number of alkyl halides is 6. The predicted octanol–water partition coefficient (Wildman–Crippen LogP) is 6.68. The van der Waals surface area contributed by atoms with Crippen molar-refractivity contribution in [3.63, 3.8) is 0 Å². The number of rotatable bonds is 4. The second kappa shape index (κ2) is 9.82. The Labute approximate surface area is 213 Å². The summed E-state index contributed by atoms with van der Waals surface area (Å²) in [7, 11) is 1.99. The van der Waals surface area contributed by atoms with E-state index in [-0.39, 0.29) is 28.8 Å². The molecule has 0 aromatic carbocycles. The summed E-state index contributed by atoms with van der Waals surface area (Å²) >= 11 is 0. The summed E-state index contributed by atoms with van der Waals surface area (Å²) in [5.74, 6) is 0.218. The second-order valence-corrected chi connectivity index (χ2v) is 9.22. The SMILES string of the molecule is CN1CCCC(c2cc(Nc3ccc(C(F)(F)F)cn3)c3ccc(-c4ncccc4C(F)(F)F)nc3n2)C1. The fourth-order valence-corrected chi connectivity index (χ4v) is 4.59. The fraction of sp³-hybridized carbons (Fsp3) is 0.308. The summed E-state index contributed by atoms with van der Waals surface area (Å²) in [6.07, 6.45) is -5.33. The minimum Gasteiger partial charge on any atom is -0.340 e. The molecule has 1 fully saturated rings. The lowest BCUT2D eigenvalue weighted by Gasteiger charge is -2.29. The number of pyridine rings is 4. The standard InChI is InChI=1S/C26H22F6N6/c1-38-11-3-4-15(14-38)20-12-21(35-22-9-6-16(13-34-22)25(27,28)29)17-7-8-19(36-24(17)37-20)23-18(26(30,31)32)5-2-10-33-23/h2,5-10,12-13,15H,3-4,11,14H2,1H3,(H,34,35,36,37). The second-order valence-electron chi connectivity index (χ2n) is 9.22. The van der Waals surface area contributed by atoms with Crippen molar-refractivity contribution in [2.24, 2.45) is 0 Å². The van der Waals surface area contributed by atoms with E-state index in [0.717, 1.165) is 44.3 Å². The molecule has 0 bridgehead atoms. The van der Waals surface area contributed by atoms with E-state index >= 15 is 0 Å². The van der Waals surface area contributed by atoms with Crippen molar-refractivity contribution in [3.8, 4) is 11.4 Å². The molecule has 4 aromatic heterocycles. The van der Waals surface area contributed by atoms with Gasteiger partial charge in [-0.15, -0.1) is 0 Å². The van der Waals surface area contributed by atoms with Crippen molar-refractivity contribution in [1.29, 1.82) is 0 Å². The molecule has 1 aliphatic heterocycles. The molecule has 198 valence electrons. The largest absolute Gasteiger partial charge is 0.418 e. The summed E-state index contributed by atoms with van der Waals surface area (Å²) in [5, 5.41) is 3.52. The molecule has 1 unspecified atom stereocenters. The number of aromatic nitrogens is 4. The lowest BCUT2D eigenvalue weighted by molar-refractivity contribution is -0.138. The van der Waals surface area contributed by atoms with Crippen molar-refractivity contribution in [1.82, 2.24) is 24.8 Å². The van der Waals surface area contributed by atoms with Gasteiger partial charge in [-0.05, 0) is 68.9 Å². The van der Waals surface area contributed by atoms with Crippen molar-refractivity contribution < 1.29 is 26.3 Å². The molecule has 38 heavy (non-hydrogen) atoms. The van der Waals surface area contributed by atoms with Gasteiger partial charge in [0.15, 0.2) is 5.65 Å². The monoisotopic (exact) mass is 532 g/mol. The van der Waals surface area contributed by atoms with E-state index in [9.17, 15) is 26.3 Å². The van der Waals surface area contributed by atoms with Crippen molar-refractivity contribution in [2.75, 3.05) is 25.5 Å². The van der Waals surface area contributed by atoms with E-state index in [1.54, 1.807) is 12.1 Å². The Hall–Kier alpha value is -3.80. The minimum atomic E-state index is -4.62. The summed E-state index contributed by atoms with van der Waals surface area (Å²) in [5.41, 5.74) is -0.733. The molecule has 0 radical (unpaired) electrons. The highest BCUT2D eigenvalue weighted by Gasteiger charge is 2.35. The van der Waals surface area contributed by atoms with Crippen molar-refractivity contribution >= 4 is 22.5 Å². The molecule has 1 saturated heterocycles. The Bertz CT molecular complexity index is 1450. The third-order valence-corrected chi connectivity index (χ3v) is 6.44.